The van der Waals surface area contributed by atoms with Gasteiger partial charge in [-0.05, 0) is 12.1 Å². The monoisotopic (exact) mass is 257 g/mol. The first-order chi connectivity index (χ1) is 8.32. The van der Waals surface area contributed by atoms with Crippen LogP contribution in [0.1, 0.15) is 13.3 Å². The van der Waals surface area contributed by atoms with E-state index >= 15 is 0 Å². The van der Waals surface area contributed by atoms with E-state index < -0.39 is 29.4 Å². The second-order valence-corrected chi connectivity index (χ2v) is 3.99. The van der Waals surface area contributed by atoms with Gasteiger partial charge in [0.15, 0.2) is 0 Å². The minimum atomic E-state index is -1.12. The van der Waals surface area contributed by atoms with Gasteiger partial charge < -0.3 is 10.0 Å². The van der Waals surface area contributed by atoms with Gasteiger partial charge in [0, 0.05) is 19.0 Å². The SMILES string of the molecule is CC(CC(=O)O)C(=O)N(C)c1cc(F)ccc1F. The number of amides is 1. The van der Waals surface area contributed by atoms with Crippen molar-refractivity contribution >= 4 is 17.6 Å². The van der Waals surface area contributed by atoms with Crippen molar-refractivity contribution in [1.82, 2.24) is 0 Å². The molecule has 0 saturated carbocycles. The zero-order valence-corrected chi connectivity index (χ0v) is 9.98. The van der Waals surface area contributed by atoms with Crippen molar-refractivity contribution < 1.29 is 23.5 Å². The van der Waals surface area contributed by atoms with E-state index in [2.05, 4.69) is 0 Å². The van der Waals surface area contributed by atoms with Gasteiger partial charge in [-0.25, -0.2) is 8.78 Å². The van der Waals surface area contributed by atoms with Gasteiger partial charge in [0.1, 0.15) is 11.6 Å². The molecule has 1 unspecified atom stereocenters. The van der Waals surface area contributed by atoms with Gasteiger partial charge in [-0.2, -0.15) is 0 Å². The van der Waals surface area contributed by atoms with Crippen molar-refractivity contribution in [2.24, 2.45) is 5.92 Å². The maximum absolute atomic E-state index is 13.4. The van der Waals surface area contributed by atoms with Crippen LogP contribution in [-0.4, -0.2) is 24.0 Å². The molecule has 0 bridgehead atoms. The van der Waals surface area contributed by atoms with E-state index in [9.17, 15) is 18.4 Å². The third-order valence-electron chi connectivity index (χ3n) is 2.50. The Bertz CT molecular complexity index is 476. The maximum atomic E-state index is 13.4. The molecule has 0 aliphatic rings. The van der Waals surface area contributed by atoms with Crippen molar-refractivity contribution in [1.29, 1.82) is 0 Å². The molecule has 1 aromatic rings. The fourth-order valence-corrected chi connectivity index (χ4v) is 1.54. The molecule has 1 amide bonds. The molecule has 0 spiro atoms. The second-order valence-electron chi connectivity index (χ2n) is 3.99. The molecule has 6 heteroatoms. The predicted octanol–water partition coefficient (Wildman–Crippen LogP) is 2.04. The Hall–Kier alpha value is -1.98. The lowest BCUT2D eigenvalue weighted by molar-refractivity contribution is -0.140. The fraction of sp³-hybridized carbons (Fsp3) is 0.333. The highest BCUT2D eigenvalue weighted by Gasteiger charge is 2.23. The van der Waals surface area contributed by atoms with Crippen LogP contribution in [0, 0.1) is 17.6 Å². The van der Waals surface area contributed by atoms with Gasteiger partial charge in [0.05, 0.1) is 12.1 Å². The van der Waals surface area contributed by atoms with E-state index in [-0.39, 0.29) is 12.1 Å². The third kappa shape index (κ3) is 3.26. The number of anilines is 1. The number of carbonyl (C=O) groups excluding carboxylic acids is 1. The van der Waals surface area contributed by atoms with Crippen LogP contribution in [0.15, 0.2) is 18.2 Å². The number of carboxylic acids is 1. The van der Waals surface area contributed by atoms with E-state index in [1.807, 2.05) is 0 Å². The van der Waals surface area contributed by atoms with Crippen molar-refractivity contribution in [3.8, 4) is 0 Å². The van der Waals surface area contributed by atoms with Crippen LogP contribution in [0.5, 0.6) is 0 Å². The highest BCUT2D eigenvalue weighted by molar-refractivity contribution is 5.96. The quantitative estimate of drug-likeness (QED) is 0.898. The normalized spacial score (nSPS) is 12.0. The zero-order chi connectivity index (χ0) is 13.9. The maximum Gasteiger partial charge on any atom is 0.304 e. The number of benzene rings is 1. The molecule has 1 N–H and O–H groups in total. The molecule has 1 atom stereocenters. The van der Waals surface area contributed by atoms with Crippen LogP contribution in [-0.2, 0) is 9.59 Å². The van der Waals surface area contributed by atoms with Crippen LogP contribution in [0.2, 0.25) is 0 Å². The third-order valence-corrected chi connectivity index (χ3v) is 2.50. The molecule has 0 heterocycles. The number of halogens is 2. The van der Waals surface area contributed by atoms with Crippen LogP contribution in [0.3, 0.4) is 0 Å². The van der Waals surface area contributed by atoms with Crippen molar-refractivity contribution in [2.75, 3.05) is 11.9 Å². The van der Waals surface area contributed by atoms with Crippen LogP contribution < -0.4 is 4.90 Å². The Balaban J connectivity index is 2.92. The van der Waals surface area contributed by atoms with Gasteiger partial charge in [-0.15, -0.1) is 0 Å². The minimum Gasteiger partial charge on any atom is -0.481 e. The van der Waals surface area contributed by atoms with Gasteiger partial charge in [-0.1, -0.05) is 6.92 Å². The van der Waals surface area contributed by atoms with Gasteiger partial charge in [-0.3, -0.25) is 9.59 Å². The lowest BCUT2D eigenvalue weighted by Gasteiger charge is -2.21. The molecule has 1 aromatic carbocycles. The van der Waals surface area contributed by atoms with Crippen molar-refractivity contribution in [3.05, 3.63) is 29.8 Å². The molecule has 18 heavy (non-hydrogen) atoms. The summed E-state index contributed by atoms with van der Waals surface area (Å²) in [6, 6.07) is 2.74. The topological polar surface area (TPSA) is 57.6 Å². The molecule has 0 aromatic heterocycles. The van der Waals surface area contributed by atoms with Gasteiger partial charge >= 0.3 is 5.97 Å². The van der Waals surface area contributed by atoms with E-state index in [1.54, 1.807) is 0 Å². The molecule has 0 saturated heterocycles. The molecule has 0 aliphatic carbocycles. The smallest absolute Gasteiger partial charge is 0.304 e. The number of nitrogens with zero attached hydrogens (tertiary/aromatic N) is 1. The summed E-state index contributed by atoms with van der Waals surface area (Å²) in [6.07, 6.45) is -0.361. The molecule has 0 fully saturated rings. The average Bonchev–Trinajstić information content (AvgIpc) is 2.29. The Morgan fingerprint density at radius 3 is 2.56 bits per heavy atom. The van der Waals surface area contributed by atoms with Gasteiger partial charge in [0.2, 0.25) is 5.91 Å². The van der Waals surface area contributed by atoms with E-state index in [1.165, 1.54) is 14.0 Å². The van der Waals surface area contributed by atoms with E-state index in [0.29, 0.717) is 0 Å². The summed E-state index contributed by atoms with van der Waals surface area (Å²) in [5, 5.41) is 8.58. The van der Waals surface area contributed by atoms with Crippen LogP contribution >= 0.6 is 0 Å². The first kappa shape index (κ1) is 14.1. The number of rotatable bonds is 4. The number of aliphatic carboxylic acids is 1. The molecule has 0 aliphatic heterocycles. The summed E-state index contributed by atoms with van der Waals surface area (Å²) in [4.78, 5) is 23.2. The Morgan fingerprint density at radius 1 is 1.39 bits per heavy atom. The standard InChI is InChI=1S/C12H13F2NO3/c1-7(5-11(16)17)12(18)15(2)10-6-8(13)3-4-9(10)14/h3-4,6-7H,5H2,1-2H3,(H,16,17). The summed E-state index contributed by atoms with van der Waals surface area (Å²) < 4.78 is 26.4. The van der Waals surface area contributed by atoms with Crippen molar-refractivity contribution in [3.63, 3.8) is 0 Å². The molecule has 1 rings (SSSR count). The summed E-state index contributed by atoms with van der Waals surface area (Å²) in [5.41, 5.74) is -0.211. The first-order valence-electron chi connectivity index (χ1n) is 5.27. The molecular weight excluding hydrogens is 244 g/mol. The summed E-state index contributed by atoms with van der Waals surface area (Å²) in [7, 11) is 1.28. The Kier molecular flexibility index (Phi) is 4.36. The van der Waals surface area contributed by atoms with Gasteiger partial charge in [0.25, 0.3) is 0 Å². The first-order valence-corrected chi connectivity index (χ1v) is 5.27. The second kappa shape index (κ2) is 5.57. The predicted molar refractivity (Wildman–Crippen MR) is 61.2 cm³/mol. The summed E-state index contributed by atoms with van der Waals surface area (Å²) in [5.74, 6) is -3.92. The summed E-state index contributed by atoms with van der Waals surface area (Å²) >= 11 is 0. The van der Waals surface area contributed by atoms with Crippen LogP contribution in [0.4, 0.5) is 14.5 Å². The van der Waals surface area contributed by atoms with Crippen LogP contribution in [0.25, 0.3) is 0 Å². The number of hydrogen-bond donors (Lipinski definition) is 1. The summed E-state index contributed by atoms with van der Waals surface area (Å²) in [6.45, 7) is 1.42. The molecule has 98 valence electrons. The molecule has 0 radical (unpaired) electrons. The minimum absolute atomic E-state index is 0.211. The average molecular weight is 257 g/mol. The Morgan fingerprint density at radius 2 is 2.00 bits per heavy atom. The van der Waals surface area contributed by atoms with E-state index in [0.717, 1.165) is 23.1 Å². The lowest BCUT2D eigenvalue weighted by Crippen LogP contribution is -2.33. The molecule has 4 nitrogen and oxygen atoms in total. The van der Waals surface area contributed by atoms with Crippen molar-refractivity contribution in [2.45, 2.75) is 13.3 Å². The number of carbonyl (C=O) groups is 2. The molecular formula is C12H13F2NO3. The fourth-order valence-electron chi connectivity index (χ4n) is 1.54. The Labute approximate surface area is 103 Å². The zero-order valence-electron chi connectivity index (χ0n) is 9.98. The highest BCUT2D eigenvalue weighted by Crippen LogP contribution is 2.21. The highest BCUT2D eigenvalue weighted by atomic mass is 19.1. The number of carboxylic acid groups (broad SMARTS) is 1. The van der Waals surface area contributed by atoms with E-state index in [4.69, 9.17) is 5.11 Å². The lowest BCUT2D eigenvalue weighted by atomic mass is 10.1. The number of hydrogen-bond acceptors (Lipinski definition) is 2. The largest absolute Gasteiger partial charge is 0.481 e.